The molecule has 4 rings (SSSR count). The first-order valence-electron chi connectivity index (χ1n) is 8.82. The summed E-state index contributed by atoms with van der Waals surface area (Å²) in [7, 11) is 3.08. The van der Waals surface area contributed by atoms with Crippen LogP contribution in [0, 0.1) is 0 Å². The molecule has 0 aliphatic heterocycles. The van der Waals surface area contributed by atoms with Crippen LogP contribution in [0.3, 0.4) is 0 Å². The van der Waals surface area contributed by atoms with E-state index in [2.05, 4.69) is 15.3 Å². The highest BCUT2D eigenvalue weighted by Crippen LogP contribution is 2.29. The first kappa shape index (κ1) is 18.3. The molecule has 0 unspecified atom stereocenters. The second kappa shape index (κ2) is 7.51. The van der Waals surface area contributed by atoms with Gasteiger partial charge in [0.1, 0.15) is 0 Å². The number of nitrogens with zero attached hydrogens (tertiary/aromatic N) is 3. The van der Waals surface area contributed by atoms with E-state index in [0.29, 0.717) is 34.2 Å². The lowest BCUT2D eigenvalue weighted by Crippen LogP contribution is -2.12. The lowest BCUT2D eigenvalue weighted by Gasteiger charge is -2.11. The molecular weight excluding hydrogens is 370 g/mol. The number of hydrogen-bond donors (Lipinski definition) is 2. The van der Waals surface area contributed by atoms with Crippen LogP contribution >= 0.6 is 0 Å². The van der Waals surface area contributed by atoms with Crippen molar-refractivity contribution in [2.24, 2.45) is 0 Å². The lowest BCUT2D eigenvalue weighted by molar-refractivity contribution is 0.102. The Labute approximate surface area is 166 Å². The summed E-state index contributed by atoms with van der Waals surface area (Å²) in [6.45, 7) is 0. The SMILES string of the molecule is COc1ccc(C(=O)Nc2cccc(-c3cnc4c(N)nccn34)c2)cc1OC. The number of nitrogens with one attached hydrogen (secondary N) is 1. The standard InChI is InChI=1S/C21H19N5O3/c1-28-17-7-6-14(11-18(17)29-2)21(27)25-15-5-3-4-13(10-15)16-12-24-20-19(22)23-8-9-26(16)20/h3-12H,1-2H3,(H2,22,23)(H,25,27). The fourth-order valence-electron chi connectivity index (χ4n) is 3.09. The molecule has 8 nitrogen and oxygen atoms in total. The summed E-state index contributed by atoms with van der Waals surface area (Å²) in [5, 5.41) is 2.91. The van der Waals surface area contributed by atoms with Gasteiger partial charge in [-0.15, -0.1) is 0 Å². The van der Waals surface area contributed by atoms with E-state index in [1.165, 1.54) is 7.11 Å². The number of anilines is 2. The second-order valence-corrected chi connectivity index (χ2v) is 6.25. The summed E-state index contributed by atoms with van der Waals surface area (Å²) in [6, 6.07) is 12.5. The van der Waals surface area contributed by atoms with Crippen molar-refractivity contribution in [1.82, 2.24) is 14.4 Å². The molecule has 2 heterocycles. The number of nitrogens with two attached hydrogens (primary N) is 1. The van der Waals surface area contributed by atoms with Crippen molar-refractivity contribution >= 4 is 23.1 Å². The topological polar surface area (TPSA) is 104 Å². The molecule has 1 amide bonds. The van der Waals surface area contributed by atoms with Crippen LogP contribution < -0.4 is 20.5 Å². The van der Waals surface area contributed by atoms with E-state index in [1.54, 1.807) is 43.9 Å². The van der Waals surface area contributed by atoms with Crippen molar-refractivity contribution in [3.05, 3.63) is 66.6 Å². The highest BCUT2D eigenvalue weighted by molar-refractivity contribution is 6.05. The van der Waals surface area contributed by atoms with Crippen molar-refractivity contribution < 1.29 is 14.3 Å². The van der Waals surface area contributed by atoms with Gasteiger partial charge >= 0.3 is 0 Å². The Morgan fingerprint density at radius 1 is 1.07 bits per heavy atom. The number of imidazole rings is 1. The maximum Gasteiger partial charge on any atom is 0.255 e. The Bertz CT molecular complexity index is 1200. The third-order valence-corrected chi connectivity index (χ3v) is 4.52. The number of benzene rings is 2. The van der Waals surface area contributed by atoms with Crippen molar-refractivity contribution in [3.8, 4) is 22.8 Å². The Hall–Kier alpha value is -4.07. The number of nitrogen functional groups attached to an aromatic ring is 1. The van der Waals surface area contributed by atoms with Crippen LogP contribution in [0.25, 0.3) is 16.9 Å². The normalized spacial score (nSPS) is 10.7. The van der Waals surface area contributed by atoms with Gasteiger partial charge in [-0.05, 0) is 30.3 Å². The van der Waals surface area contributed by atoms with E-state index in [-0.39, 0.29) is 5.91 Å². The molecule has 0 spiro atoms. The summed E-state index contributed by atoms with van der Waals surface area (Å²) < 4.78 is 12.3. The highest BCUT2D eigenvalue weighted by atomic mass is 16.5. The first-order valence-corrected chi connectivity index (χ1v) is 8.82. The number of hydrogen-bond acceptors (Lipinski definition) is 6. The van der Waals surface area contributed by atoms with Gasteiger partial charge in [-0.3, -0.25) is 9.20 Å². The molecule has 146 valence electrons. The fraction of sp³-hybridized carbons (Fsp3) is 0.0952. The summed E-state index contributed by atoms with van der Waals surface area (Å²) in [6.07, 6.45) is 5.14. The lowest BCUT2D eigenvalue weighted by atomic mass is 10.1. The Morgan fingerprint density at radius 3 is 2.69 bits per heavy atom. The largest absolute Gasteiger partial charge is 0.493 e. The number of aromatic nitrogens is 3. The molecule has 2 aromatic carbocycles. The van der Waals surface area contributed by atoms with Crippen molar-refractivity contribution in [2.75, 3.05) is 25.3 Å². The van der Waals surface area contributed by atoms with Crippen LogP contribution in [0.15, 0.2) is 61.1 Å². The molecule has 3 N–H and O–H groups in total. The predicted octanol–water partition coefficient (Wildman–Crippen LogP) is 3.25. The van der Waals surface area contributed by atoms with Gasteiger partial charge in [0.2, 0.25) is 0 Å². The maximum atomic E-state index is 12.7. The van der Waals surface area contributed by atoms with E-state index in [4.69, 9.17) is 15.2 Å². The number of rotatable bonds is 5. The zero-order chi connectivity index (χ0) is 20.4. The third-order valence-electron chi connectivity index (χ3n) is 4.52. The molecule has 0 aliphatic rings. The number of methoxy groups -OCH3 is 2. The summed E-state index contributed by atoms with van der Waals surface area (Å²) in [5.41, 5.74) is 9.31. The van der Waals surface area contributed by atoms with Gasteiger partial charge < -0.3 is 20.5 Å². The first-order chi connectivity index (χ1) is 14.1. The molecule has 29 heavy (non-hydrogen) atoms. The number of ether oxygens (including phenoxy) is 2. The zero-order valence-electron chi connectivity index (χ0n) is 15.9. The highest BCUT2D eigenvalue weighted by Gasteiger charge is 2.13. The van der Waals surface area contributed by atoms with Crippen molar-refractivity contribution in [3.63, 3.8) is 0 Å². The molecule has 0 saturated carbocycles. The van der Waals surface area contributed by atoms with Crippen LogP contribution in [-0.4, -0.2) is 34.5 Å². The van der Waals surface area contributed by atoms with Crippen LogP contribution in [0.4, 0.5) is 11.5 Å². The van der Waals surface area contributed by atoms with Crippen LogP contribution in [0.2, 0.25) is 0 Å². The Morgan fingerprint density at radius 2 is 1.90 bits per heavy atom. The van der Waals surface area contributed by atoms with Crippen molar-refractivity contribution in [1.29, 1.82) is 0 Å². The zero-order valence-corrected chi connectivity index (χ0v) is 15.9. The maximum absolute atomic E-state index is 12.7. The minimum atomic E-state index is -0.255. The molecule has 0 saturated heterocycles. The van der Waals surface area contributed by atoms with Crippen LogP contribution in [-0.2, 0) is 0 Å². The van der Waals surface area contributed by atoms with Crippen molar-refractivity contribution in [2.45, 2.75) is 0 Å². The van der Waals surface area contributed by atoms with E-state index >= 15 is 0 Å². The van der Waals surface area contributed by atoms with E-state index in [1.807, 2.05) is 28.7 Å². The van der Waals surface area contributed by atoms with Gasteiger partial charge in [0.15, 0.2) is 23.0 Å². The molecular formula is C21H19N5O3. The van der Waals surface area contributed by atoms with Gasteiger partial charge in [0.25, 0.3) is 5.91 Å². The summed E-state index contributed by atoms with van der Waals surface area (Å²) >= 11 is 0. The molecule has 0 radical (unpaired) electrons. The average Bonchev–Trinajstić information content (AvgIpc) is 3.19. The van der Waals surface area contributed by atoms with Gasteiger partial charge in [-0.1, -0.05) is 12.1 Å². The van der Waals surface area contributed by atoms with E-state index in [9.17, 15) is 4.79 Å². The van der Waals surface area contributed by atoms with Crippen LogP contribution in [0.5, 0.6) is 11.5 Å². The molecule has 4 aromatic rings. The van der Waals surface area contributed by atoms with Crippen LogP contribution in [0.1, 0.15) is 10.4 Å². The quantitative estimate of drug-likeness (QED) is 0.543. The average molecular weight is 389 g/mol. The second-order valence-electron chi connectivity index (χ2n) is 6.25. The Balaban J connectivity index is 1.62. The molecule has 0 fully saturated rings. The van der Waals surface area contributed by atoms with Gasteiger partial charge in [0, 0.05) is 29.2 Å². The minimum Gasteiger partial charge on any atom is -0.493 e. The summed E-state index contributed by atoms with van der Waals surface area (Å²) in [4.78, 5) is 21.1. The molecule has 0 atom stereocenters. The number of fused-ring (bicyclic) bond motifs is 1. The fourth-order valence-corrected chi connectivity index (χ4v) is 3.09. The summed E-state index contributed by atoms with van der Waals surface area (Å²) in [5.74, 6) is 1.16. The van der Waals surface area contributed by atoms with Gasteiger partial charge in [-0.25, -0.2) is 9.97 Å². The Kier molecular flexibility index (Phi) is 4.74. The molecule has 0 bridgehead atoms. The number of amides is 1. The minimum absolute atomic E-state index is 0.255. The smallest absolute Gasteiger partial charge is 0.255 e. The van der Waals surface area contributed by atoms with Gasteiger partial charge in [0.05, 0.1) is 26.1 Å². The molecule has 2 aromatic heterocycles. The monoisotopic (exact) mass is 389 g/mol. The van der Waals surface area contributed by atoms with E-state index in [0.717, 1.165) is 11.3 Å². The third kappa shape index (κ3) is 3.43. The van der Waals surface area contributed by atoms with E-state index < -0.39 is 0 Å². The van der Waals surface area contributed by atoms with Gasteiger partial charge in [-0.2, -0.15) is 0 Å². The number of carbonyl (C=O) groups excluding carboxylic acids is 1. The molecule has 8 heteroatoms. The number of carbonyl (C=O) groups is 1. The predicted molar refractivity (Wildman–Crippen MR) is 110 cm³/mol. The molecule has 0 aliphatic carbocycles.